The van der Waals surface area contributed by atoms with E-state index in [1.54, 1.807) is 0 Å². The lowest BCUT2D eigenvalue weighted by atomic mass is 10.2. The number of hydrogen-bond donors (Lipinski definition) is 1. The standard InChI is InChI=1S/C11H13Cl2N5/c1-6-8(7(2)18(3)17-6)4-14-10-9(12)5-15-11(13)16-10/h5H,4H2,1-3H3,(H,14,15,16). The van der Waals surface area contributed by atoms with Gasteiger partial charge in [-0.2, -0.15) is 10.1 Å². The lowest BCUT2D eigenvalue weighted by Gasteiger charge is -2.07. The fraction of sp³-hybridized carbons (Fsp3) is 0.364. The number of rotatable bonds is 3. The molecule has 0 amide bonds. The summed E-state index contributed by atoms with van der Waals surface area (Å²) >= 11 is 11.7. The van der Waals surface area contributed by atoms with Gasteiger partial charge in [0.15, 0.2) is 0 Å². The summed E-state index contributed by atoms with van der Waals surface area (Å²) in [5.41, 5.74) is 3.22. The summed E-state index contributed by atoms with van der Waals surface area (Å²) in [6, 6.07) is 0. The number of aromatic nitrogens is 4. The number of halogens is 2. The van der Waals surface area contributed by atoms with Gasteiger partial charge in [0.05, 0.1) is 11.9 Å². The highest BCUT2D eigenvalue weighted by Crippen LogP contribution is 2.21. The molecule has 0 aliphatic carbocycles. The van der Waals surface area contributed by atoms with Crippen molar-refractivity contribution in [3.63, 3.8) is 0 Å². The van der Waals surface area contributed by atoms with Crippen LogP contribution in [0.3, 0.4) is 0 Å². The van der Waals surface area contributed by atoms with Gasteiger partial charge in [0.25, 0.3) is 0 Å². The van der Waals surface area contributed by atoms with Crippen molar-refractivity contribution in [3.8, 4) is 0 Å². The first-order valence-electron chi connectivity index (χ1n) is 5.40. The van der Waals surface area contributed by atoms with Crippen molar-refractivity contribution in [2.24, 2.45) is 7.05 Å². The maximum atomic E-state index is 5.98. The maximum absolute atomic E-state index is 5.98. The van der Waals surface area contributed by atoms with Crippen molar-refractivity contribution < 1.29 is 0 Å². The average molecular weight is 286 g/mol. The van der Waals surface area contributed by atoms with Crippen LogP contribution in [-0.4, -0.2) is 19.7 Å². The molecule has 18 heavy (non-hydrogen) atoms. The van der Waals surface area contributed by atoms with E-state index in [9.17, 15) is 0 Å². The summed E-state index contributed by atoms with van der Waals surface area (Å²) in [5.74, 6) is 0.527. The van der Waals surface area contributed by atoms with Crippen molar-refractivity contribution in [1.29, 1.82) is 0 Å². The Hall–Kier alpha value is -1.33. The van der Waals surface area contributed by atoms with Gasteiger partial charge in [-0.3, -0.25) is 4.68 Å². The molecule has 2 aromatic heterocycles. The van der Waals surface area contributed by atoms with E-state index >= 15 is 0 Å². The van der Waals surface area contributed by atoms with Gasteiger partial charge in [0.1, 0.15) is 10.8 Å². The predicted molar refractivity (Wildman–Crippen MR) is 72.1 cm³/mol. The molecule has 0 bridgehead atoms. The second-order valence-corrected chi connectivity index (χ2v) is 4.71. The van der Waals surface area contributed by atoms with Crippen LogP contribution in [0.5, 0.6) is 0 Å². The van der Waals surface area contributed by atoms with Gasteiger partial charge in [-0.25, -0.2) is 4.98 Å². The van der Waals surface area contributed by atoms with Crippen LogP contribution in [0.1, 0.15) is 17.0 Å². The van der Waals surface area contributed by atoms with Crippen molar-refractivity contribution in [2.75, 3.05) is 5.32 Å². The molecule has 0 radical (unpaired) electrons. The van der Waals surface area contributed by atoms with E-state index in [0.29, 0.717) is 17.4 Å². The van der Waals surface area contributed by atoms with E-state index in [-0.39, 0.29) is 5.28 Å². The van der Waals surface area contributed by atoms with Gasteiger partial charge in [-0.05, 0) is 25.4 Å². The monoisotopic (exact) mass is 285 g/mol. The fourth-order valence-corrected chi connectivity index (χ4v) is 2.01. The predicted octanol–water partition coefficient (Wildman–Crippen LogP) is 2.75. The van der Waals surface area contributed by atoms with Gasteiger partial charge in [0.2, 0.25) is 5.28 Å². The summed E-state index contributed by atoms with van der Waals surface area (Å²) in [7, 11) is 1.92. The highest BCUT2D eigenvalue weighted by molar-refractivity contribution is 6.33. The van der Waals surface area contributed by atoms with Crippen LogP contribution in [0, 0.1) is 13.8 Å². The van der Waals surface area contributed by atoms with Crippen LogP contribution in [0.4, 0.5) is 5.82 Å². The second kappa shape index (κ2) is 5.12. The Morgan fingerprint density at radius 1 is 1.33 bits per heavy atom. The quantitative estimate of drug-likeness (QED) is 0.881. The molecular formula is C11H13Cl2N5. The zero-order valence-electron chi connectivity index (χ0n) is 10.3. The lowest BCUT2D eigenvalue weighted by Crippen LogP contribution is -2.05. The molecule has 0 aliphatic rings. The second-order valence-electron chi connectivity index (χ2n) is 3.96. The molecule has 0 fully saturated rings. The van der Waals surface area contributed by atoms with Gasteiger partial charge in [-0.15, -0.1) is 0 Å². The van der Waals surface area contributed by atoms with Crippen molar-refractivity contribution >= 4 is 29.0 Å². The fourth-order valence-electron chi connectivity index (χ4n) is 1.71. The molecule has 0 saturated heterocycles. The number of aryl methyl sites for hydroxylation is 2. The molecule has 96 valence electrons. The van der Waals surface area contributed by atoms with E-state index in [1.165, 1.54) is 6.20 Å². The molecule has 2 aromatic rings. The molecule has 0 aliphatic heterocycles. The molecule has 0 saturated carbocycles. The Kier molecular flexibility index (Phi) is 3.73. The van der Waals surface area contributed by atoms with Crippen LogP contribution in [0.15, 0.2) is 6.20 Å². The lowest BCUT2D eigenvalue weighted by molar-refractivity contribution is 0.730. The summed E-state index contributed by atoms with van der Waals surface area (Å²) in [6.45, 7) is 4.59. The molecule has 2 heterocycles. The third-order valence-electron chi connectivity index (χ3n) is 2.81. The Balaban J connectivity index is 2.19. The molecule has 0 aromatic carbocycles. The molecule has 2 rings (SSSR count). The van der Waals surface area contributed by atoms with E-state index in [1.807, 2.05) is 25.6 Å². The van der Waals surface area contributed by atoms with E-state index in [4.69, 9.17) is 23.2 Å². The Bertz CT molecular complexity index is 579. The first kappa shape index (κ1) is 13.1. The van der Waals surface area contributed by atoms with E-state index < -0.39 is 0 Å². The normalized spacial score (nSPS) is 10.7. The van der Waals surface area contributed by atoms with E-state index in [2.05, 4.69) is 20.4 Å². The Morgan fingerprint density at radius 3 is 2.67 bits per heavy atom. The SMILES string of the molecule is Cc1nn(C)c(C)c1CNc1nc(Cl)ncc1Cl. The first-order chi connectivity index (χ1) is 8.49. The summed E-state index contributed by atoms with van der Waals surface area (Å²) in [4.78, 5) is 7.84. The van der Waals surface area contributed by atoms with Crippen LogP contribution in [0.25, 0.3) is 0 Å². The maximum Gasteiger partial charge on any atom is 0.224 e. The number of anilines is 1. The zero-order chi connectivity index (χ0) is 13.3. The van der Waals surface area contributed by atoms with Gasteiger partial charge in [-0.1, -0.05) is 11.6 Å². The molecule has 5 nitrogen and oxygen atoms in total. The van der Waals surface area contributed by atoms with Crippen LogP contribution in [-0.2, 0) is 13.6 Å². The van der Waals surface area contributed by atoms with Crippen LogP contribution < -0.4 is 5.32 Å². The minimum absolute atomic E-state index is 0.168. The van der Waals surface area contributed by atoms with Crippen molar-refractivity contribution in [2.45, 2.75) is 20.4 Å². The number of nitrogens with zero attached hydrogens (tertiary/aromatic N) is 4. The molecular weight excluding hydrogens is 273 g/mol. The Morgan fingerprint density at radius 2 is 2.06 bits per heavy atom. The number of hydrogen-bond acceptors (Lipinski definition) is 4. The van der Waals surface area contributed by atoms with Crippen LogP contribution in [0.2, 0.25) is 10.3 Å². The molecule has 0 unspecified atom stereocenters. The molecule has 1 N–H and O–H groups in total. The minimum Gasteiger partial charge on any atom is -0.364 e. The largest absolute Gasteiger partial charge is 0.364 e. The minimum atomic E-state index is 0.168. The van der Waals surface area contributed by atoms with Gasteiger partial charge in [0, 0.05) is 24.8 Å². The highest BCUT2D eigenvalue weighted by Gasteiger charge is 2.10. The highest BCUT2D eigenvalue weighted by atomic mass is 35.5. The van der Waals surface area contributed by atoms with Crippen LogP contribution >= 0.6 is 23.2 Å². The average Bonchev–Trinajstić information content (AvgIpc) is 2.55. The summed E-state index contributed by atoms with van der Waals surface area (Å²) < 4.78 is 1.85. The van der Waals surface area contributed by atoms with Crippen molar-refractivity contribution in [1.82, 2.24) is 19.7 Å². The summed E-state index contributed by atoms with van der Waals surface area (Å²) in [6.07, 6.45) is 1.47. The first-order valence-corrected chi connectivity index (χ1v) is 6.15. The smallest absolute Gasteiger partial charge is 0.224 e. The van der Waals surface area contributed by atoms with E-state index in [0.717, 1.165) is 17.0 Å². The topological polar surface area (TPSA) is 55.6 Å². The Labute approximate surface area is 115 Å². The zero-order valence-corrected chi connectivity index (χ0v) is 11.8. The third kappa shape index (κ3) is 2.57. The molecule has 0 spiro atoms. The number of nitrogens with one attached hydrogen (secondary N) is 1. The molecule has 0 atom stereocenters. The van der Waals surface area contributed by atoms with Gasteiger partial charge < -0.3 is 5.32 Å². The third-order valence-corrected chi connectivity index (χ3v) is 3.26. The molecule has 7 heteroatoms. The van der Waals surface area contributed by atoms with Crippen molar-refractivity contribution in [3.05, 3.63) is 33.5 Å². The summed E-state index contributed by atoms with van der Waals surface area (Å²) in [5, 5.41) is 8.10. The van der Waals surface area contributed by atoms with Gasteiger partial charge >= 0.3 is 0 Å².